The van der Waals surface area contributed by atoms with Crippen molar-refractivity contribution < 1.29 is 18.6 Å². The van der Waals surface area contributed by atoms with Gasteiger partial charge in [0.15, 0.2) is 11.4 Å². The Labute approximate surface area is 224 Å². The van der Waals surface area contributed by atoms with Crippen LogP contribution in [-0.4, -0.2) is 36.3 Å². The molecule has 1 aliphatic rings. The Balaban J connectivity index is 1.51. The maximum atomic E-state index is 13.7. The molecule has 0 atom stereocenters. The summed E-state index contributed by atoms with van der Waals surface area (Å²) in [6.45, 7) is 4.50. The number of rotatable bonds is 5. The summed E-state index contributed by atoms with van der Waals surface area (Å²) in [5.41, 5.74) is 10.6. The molecule has 1 aliphatic heterocycles. The van der Waals surface area contributed by atoms with Crippen molar-refractivity contribution in [1.29, 1.82) is 0 Å². The number of hydrogen-bond acceptors (Lipinski definition) is 10. The lowest BCUT2D eigenvalue weighted by atomic mass is 10.1. The second-order valence-electron chi connectivity index (χ2n) is 9.65. The highest BCUT2D eigenvalue weighted by molar-refractivity contribution is 8.23. The molecule has 0 unspecified atom stereocenters. The summed E-state index contributed by atoms with van der Waals surface area (Å²) in [6, 6.07) is 17.1. The lowest BCUT2D eigenvalue weighted by Crippen LogP contribution is -2.37. The van der Waals surface area contributed by atoms with Crippen molar-refractivity contribution in [2.45, 2.75) is 18.7 Å². The van der Waals surface area contributed by atoms with Crippen molar-refractivity contribution in [3.63, 3.8) is 0 Å². The van der Waals surface area contributed by atoms with E-state index in [1.54, 1.807) is 60.7 Å². The van der Waals surface area contributed by atoms with Crippen LogP contribution in [0.1, 0.15) is 19.4 Å². The first kappa shape index (κ1) is 24.8. The van der Waals surface area contributed by atoms with Gasteiger partial charge in [0.2, 0.25) is 5.89 Å². The van der Waals surface area contributed by atoms with E-state index in [0.717, 1.165) is 0 Å². The largest absolute Gasteiger partial charge is 0.506 e. The van der Waals surface area contributed by atoms with Gasteiger partial charge in [-0.25, -0.2) is 9.66 Å². The third-order valence-corrected chi connectivity index (χ3v) is 7.74. The molecule has 0 saturated carbocycles. The highest BCUT2D eigenvalue weighted by atomic mass is 32.3. The van der Waals surface area contributed by atoms with E-state index in [2.05, 4.69) is 20.1 Å². The smallest absolute Gasteiger partial charge is 0.284 e. The first-order chi connectivity index (χ1) is 18.6. The number of nitrogens with zero attached hydrogens (tertiary/aromatic N) is 3. The number of para-hydroxylation sites is 1. The molecule has 3 heterocycles. The minimum atomic E-state index is -3.87. The van der Waals surface area contributed by atoms with Gasteiger partial charge >= 0.3 is 0 Å². The van der Waals surface area contributed by atoms with Crippen LogP contribution >= 0.6 is 10.8 Å². The molecule has 39 heavy (non-hydrogen) atoms. The number of amidine groups is 1. The fourth-order valence-corrected chi connectivity index (χ4v) is 5.85. The monoisotopic (exact) mass is 546 g/mol. The van der Waals surface area contributed by atoms with Gasteiger partial charge in [-0.05, 0) is 48.4 Å². The van der Waals surface area contributed by atoms with Crippen molar-refractivity contribution in [3.8, 4) is 17.2 Å². The molecule has 12 heteroatoms. The first-order valence-electron chi connectivity index (χ1n) is 12.2. The highest BCUT2D eigenvalue weighted by Gasteiger charge is 2.33. The van der Waals surface area contributed by atoms with Crippen LogP contribution in [0.5, 0.6) is 5.75 Å². The van der Waals surface area contributed by atoms with Crippen molar-refractivity contribution in [2.75, 3.05) is 23.0 Å². The molecule has 200 valence electrons. The van der Waals surface area contributed by atoms with Crippen LogP contribution in [0.2, 0.25) is 0 Å². The zero-order chi connectivity index (χ0) is 27.5. The predicted molar refractivity (Wildman–Crippen MR) is 154 cm³/mol. The fourth-order valence-electron chi connectivity index (χ4n) is 4.54. The molecule has 6 rings (SSSR count). The summed E-state index contributed by atoms with van der Waals surface area (Å²) in [6.07, 6.45) is 0. The zero-order valence-corrected chi connectivity index (χ0v) is 21.9. The quantitative estimate of drug-likeness (QED) is 0.162. The minimum absolute atomic E-state index is 0.0289. The predicted octanol–water partition coefficient (Wildman–Crippen LogP) is 5.19. The molecule has 0 fully saturated rings. The first-order valence-corrected chi connectivity index (χ1v) is 13.7. The second kappa shape index (κ2) is 9.05. The van der Waals surface area contributed by atoms with E-state index in [9.17, 15) is 19.0 Å². The summed E-state index contributed by atoms with van der Waals surface area (Å²) >= 11 is 0. The van der Waals surface area contributed by atoms with Crippen molar-refractivity contribution in [1.82, 2.24) is 9.66 Å². The molecular weight excluding hydrogens is 520 g/mol. The van der Waals surface area contributed by atoms with E-state index < -0.39 is 16.3 Å². The Morgan fingerprint density at radius 2 is 1.92 bits per heavy atom. The Morgan fingerprint density at radius 3 is 2.69 bits per heavy atom. The molecule has 11 nitrogen and oxygen atoms in total. The summed E-state index contributed by atoms with van der Waals surface area (Å²) in [7, 11) is -3.87. The third-order valence-electron chi connectivity index (χ3n) is 6.34. The van der Waals surface area contributed by atoms with Crippen LogP contribution in [0.25, 0.3) is 33.5 Å². The number of nitrogens with two attached hydrogens (primary N) is 1. The Kier molecular flexibility index (Phi) is 5.75. The van der Waals surface area contributed by atoms with Gasteiger partial charge in [0.05, 0.1) is 11.2 Å². The number of pyridine rings is 1. The average molecular weight is 547 g/mol. The SMILES string of the molecule is CC(C)CNn1c(=O)c(C2=NS(O)(O)c3c(ccc4oc(-c5cccc(N)c5)nc34)N2)c(O)c2ccccc21. The van der Waals surface area contributed by atoms with Crippen molar-refractivity contribution in [3.05, 3.63) is 76.6 Å². The van der Waals surface area contributed by atoms with Gasteiger partial charge in [-0.1, -0.05) is 42.8 Å². The molecule has 0 bridgehead atoms. The molecule has 0 radical (unpaired) electrons. The van der Waals surface area contributed by atoms with Crippen LogP contribution in [0.15, 0.2) is 79.2 Å². The molecule has 0 aliphatic carbocycles. The summed E-state index contributed by atoms with van der Waals surface area (Å²) in [4.78, 5) is 18.2. The van der Waals surface area contributed by atoms with E-state index >= 15 is 0 Å². The molecule has 5 aromatic rings. The Bertz CT molecular complexity index is 1860. The molecule has 0 saturated heterocycles. The highest BCUT2D eigenvalue weighted by Crippen LogP contribution is 2.58. The number of hydrogen-bond donors (Lipinski definition) is 6. The van der Waals surface area contributed by atoms with E-state index in [4.69, 9.17) is 10.2 Å². The number of aromatic nitrogens is 2. The maximum absolute atomic E-state index is 13.7. The number of anilines is 2. The van der Waals surface area contributed by atoms with E-state index in [0.29, 0.717) is 34.3 Å². The van der Waals surface area contributed by atoms with Crippen molar-refractivity contribution >= 4 is 50.0 Å². The molecule has 0 spiro atoms. The number of benzene rings is 3. The van der Waals surface area contributed by atoms with E-state index in [1.165, 1.54) is 4.68 Å². The van der Waals surface area contributed by atoms with Gasteiger partial charge < -0.3 is 26.0 Å². The second-order valence-corrected chi connectivity index (χ2v) is 11.3. The number of oxazole rings is 1. The van der Waals surface area contributed by atoms with Crippen LogP contribution < -0.4 is 22.0 Å². The topological polar surface area (TPSA) is 171 Å². The zero-order valence-electron chi connectivity index (χ0n) is 21.0. The normalized spacial score (nSPS) is 15.2. The Morgan fingerprint density at radius 1 is 1.13 bits per heavy atom. The third kappa shape index (κ3) is 4.14. The Hall–Kier alpha value is -4.52. The van der Waals surface area contributed by atoms with Crippen LogP contribution in [0, 0.1) is 5.92 Å². The summed E-state index contributed by atoms with van der Waals surface area (Å²) < 4.78 is 33.8. The number of aromatic hydroxyl groups is 1. The average Bonchev–Trinajstić information content (AvgIpc) is 3.32. The maximum Gasteiger partial charge on any atom is 0.284 e. The van der Waals surface area contributed by atoms with Gasteiger partial charge in [-0.15, -0.1) is 4.40 Å². The van der Waals surface area contributed by atoms with Crippen molar-refractivity contribution in [2.24, 2.45) is 10.3 Å². The molecule has 3 aromatic carbocycles. The van der Waals surface area contributed by atoms with E-state index in [1.807, 2.05) is 13.8 Å². The van der Waals surface area contributed by atoms with Gasteiger partial charge in [0, 0.05) is 23.2 Å². The molecule has 2 aromatic heterocycles. The lowest BCUT2D eigenvalue weighted by molar-refractivity contribution is 0.478. The van der Waals surface area contributed by atoms with Gasteiger partial charge in [-0.3, -0.25) is 13.9 Å². The summed E-state index contributed by atoms with van der Waals surface area (Å²) in [5.74, 6) is -0.00900. The standard InChI is InChI=1S/C27H26N6O5S/c1-14(2)13-29-33-19-9-4-3-8-17(19)23(34)21(27(33)35)25-30-18-10-11-20-22(24(18)39(36,37)32-25)31-26(38-20)15-6-5-7-16(28)12-15/h3-12,14,29,34,36-37H,13,28H2,1-2H3,(H,30,32). The summed E-state index contributed by atoms with van der Waals surface area (Å²) in [5, 5.41) is 14.6. The molecule has 7 N–H and O–H groups in total. The lowest BCUT2D eigenvalue weighted by Gasteiger charge is -2.34. The molecule has 0 amide bonds. The molecular formula is C27H26N6O5S. The number of nitrogens with one attached hydrogen (secondary N) is 2. The van der Waals surface area contributed by atoms with Gasteiger partial charge in [-0.2, -0.15) is 0 Å². The number of fused-ring (bicyclic) bond motifs is 4. The van der Waals surface area contributed by atoms with Crippen LogP contribution in [0.4, 0.5) is 11.4 Å². The van der Waals surface area contributed by atoms with Crippen LogP contribution in [0.3, 0.4) is 0 Å². The van der Waals surface area contributed by atoms with Gasteiger partial charge in [0.1, 0.15) is 21.7 Å². The van der Waals surface area contributed by atoms with E-state index in [-0.39, 0.29) is 45.1 Å². The van der Waals surface area contributed by atoms with Gasteiger partial charge in [0.25, 0.3) is 5.56 Å². The number of nitrogen functional groups attached to an aromatic ring is 1. The fraction of sp³-hybridized carbons (Fsp3) is 0.148. The van der Waals surface area contributed by atoms with Crippen LogP contribution in [-0.2, 0) is 0 Å². The minimum Gasteiger partial charge on any atom is -0.506 e.